The number of hydrogen-bond donors (Lipinski definition) is 0. The highest BCUT2D eigenvalue weighted by Crippen LogP contribution is 2.41. The Morgan fingerprint density at radius 1 is 0.500 bits per heavy atom. The zero-order valence-electron chi connectivity index (χ0n) is 23.8. The zero-order chi connectivity index (χ0) is 29.2. The Bertz CT molecular complexity index is 2420. The van der Waals surface area contributed by atoms with E-state index in [4.69, 9.17) is 9.98 Å². The van der Waals surface area contributed by atoms with Crippen molar-refractivity contribution >= 4 is 64.3 Å². The molecule has 44 heavy (non-hydrogen) atoms. The quantitative estimate of drug-likeness (QED) is 0.133. The SMILES string of the molecule is IC1=Nc2ccccc2Cc2ccccc2-c2cnc(-c3cccc(-c4ccc5ccc6cccc7ccc4c5c67)c3)cc21. The van der Waals surface area contributed by atoms with Crippen molar-refractivity contribution in [2.75, 3.05) is 0 Å². The first-order valence-corrected chi connectivity index (χ1v) is 16.0. The van der Waals surface area contributed by atoms with Gasteiger partial charge in [-0.05, 0) is 101 Å². The monoisotopic (exact) mass is 672 g/mol. The smallest absolute Gasteiger partial charge is 0.110 e. The highest BCUT2D eigenvalue weighted by Gasteiger charge is 2.19. The summed E-state index contributed by atoms with van der Waals surface area (Å²) < 4.78 is 0.966. The Morgan fingerprint density at radius 3 is 2.09 bits per heavy atom. The highest BCUT2D eigenvalue weighted by atomic mass is 127. The number of pyridine rings is 1. The van der Waals surface area contributed by atoms with Crippen LogP contribution in [0.1, 0.15) is 16.7 Å². The fourth-order valence-electron chi connectivity index (χ4n) is 6.91. The average molecular weight is 673 g/mol. The molecule has 0 saturated carbocycles. The molecular weight excluding hydrogens is 647 g/mol. The van der Waals surface area contributed by atoms with E-state index >= 15 is 0 Å². The third-order valence-corrected chi connectivity index (χ3v) is 9.85. The summed E-state index contributed by atoms with van der Waals surface area (Å²) in [5.74, 6) is 0. The van der Waals surface area contributed by atoms with Gasteiger partial charge in [0.1, 0.15) is 3.72 Å². The molecule has 2 heterocycles. The number of nitrogens with zero attached hydrogens (tertiary/aromatic N) is 2. The first-order chi connectivity index (χ1) is 21.7. The predicted octanol–water partition coefficient (Wildman–Crippen LogP) is 11.4. The highest BCUT2D eigenvalue weighted by molar-refractivity contribution is 14.1. The van der Waals surface area contributed by atoms with E-state index in [2.05, 4.69) is 156 Å². The maximum Gasteiger partial charge on any atom is 0.110 e. The van der Waals surface area contributed by atoms with Gasteiger partial charge in [0.25, 0.3) is 0 Å². The second-order valence-corrected chi connectivity index (χ2v) is 12.6. The van der Waals surface area contributed by atoms with Crippen LogP contribution in [0.4, 0.5) is 5.69 Å². The van der Waals surface area contributed by atoms with Crippen LogP contribution in [0.15, 0.2) is 145 Å². The Kier molecular flexibility index (Phi) is 5.88. The van der Waals surface area contributed by atoms with Gasteiger partial charge >= 0.3 is 0 Å². The van der Waals surface area contributed by atoms with Crippen LogP contribution in [-0.2, 0) is 6.42 Å². The van der Waals surface area contributed by atoms with Gasteiger partial charge in [-0.15, -0.1) is 0 Å². The number of benzene rings is 7. The van der Waals surface area contributed by atoms with Gasteiger partial charge in [0, 0.05) is 29.3 Å². The molecule has 3 heteroatoms. The first-order valence-electron chi connectivity index (χ1n) is 14.9. The lowest BCUT2D eigenvalue weighted by Gasteiger charge is -2.15. The molecule has 9 rings (SSSR count). The third-order valence-electron chi connectivity index (χ3n) is 9.02. The molecule has 0 aliphatic carbocycles. The van der Waals surface area contributed by atoms with Crippen LogP contribution >= 0.6 is 22.6 Å². The first kappa shape index (κ1) is 25.6. The minimum Gasteiger partial charge on any atom is -0.256 e. The topological polar surface area (TPSA) is 25.2 Å². The number of aromatic nitrogens is 1. The van der Waals surface area contributed by atoms with Crippen LogP contribution in [0.5, 0.6) is 0 Å². The van der Waals surface area contributed by atoms with Crippen molar-refractivity contribution in [3.63, 3.8) is 0 Å². The standard InChI is InChI=1S/C41H25IN2/c42-41-35-23-38(43-24-36(35)32-13-3-1-7-28(32)21-30-8-2-4-14-37(30)44-41)31-12-6-11-29(22-31)33-19-17-27-16-15-25-9-5-10-26-18-20-34(33)40(27)39(25)26/h1-20,22-24H,21H2. The fraction of sp³-hybridized carbons (Fsp3) is 0.0244. The fourth-order valence-corrected chi connectivity index (χ4v) is 7.62. The molecule has 0 saturated heterocycles. The van der Waals surface area contributed by atoms with E-state index in [9.17, 15) is 0 Å². The van der Waals surface area contributed by atoms with Crippen molar-refractivity contribution in [2.45, 2.75) is 6.42 Å². The van der Waals surface area contributed by atoms with Gasteiger partial charge in [0.2, 0.25) is 0 Å². The van der Waals surface area contributed by atoms with Gasteiger partial charge in [0.15, 0.2) is 0 Å². The lowest BCUT2D eigenvalue weighted by atomic mass is 9.89. The number of halogens is 1. The minimum absolute atomic E-state index is 0.836. The summed E-state index contributed by atoms with van der Waals surface area (Å²) in [4.78, 5) is 10.2. The Morgan fingerprint density at radius 2 is 1.20 bits per heavy atom. The number of hydrogen-bond acceptors (Lipinski definition) is 2. The second-order valence-electron chi connectivity index (χ2n) is 11.5. The van der Waals surface area contributed by atoms with Gasteiger partial charge in [-0.2, -0.15) is 0 Å². The molecule has 8 aromatic rings. The Labute approximate surface area is 269 Å². The summed E-state index contributed by atoms with van der Waals surface area (Å²) in [6.07, 6.45) is 2.87. The molecule has 206 valence electrons. The Balaban J connectivity index is 1.21. The molecule has 0 atom stereocenters. The van der Waals surface area contributed by atoms with Crippen molar-refractivity contribution in [1.82, 2.24) is 4.98 Å². The molecule has 0 amide bonds. The largest absolute Gasteiger partial charge is 0.256 e. The molecular formula is C41H25IN2. The predicted molar refractivity (Wildman–Crippen MR) is 194 cm³/mol. The summed E-state index contributed by atoms with van der Waals surface area (Å²) in [5.41, 5.74) is 11.4. The molecule has 7 aromatic carbocycles. The molecule has 0 spiro atoms. The van der Waals surface area contributed by atoms with E-state index in [1.165, 1.54) is 60.1 Å². The van der Waals surface area contributed by atoms with Gasteiger partial charge < -0.3 is 0 Å². The minimum atomic E-state index is 0.836. The number of rotatable bonds is 2. The van der Waals surface area contributed by atoms with Crippen molar-refractivity contribution in [2.24, 2.45) is 4.99 Å². The molecule has 2 nitrogen and oxygen atoms in total. The van der Waals surface area contributed by atoms with E-state index in [0.29, 0.717) is 0 Å². The van der Waals surface area contributed by atoms with Crippen molar-refractivity contribution < 1.29 is 0 Å². The molecule has 1 aliphatic rings. The Hall–Kier alpha value is -4.87. The van der Waals surface area contributed by atoms with E-state index in [1.807, 2.05) is 6.20 Å². The van der Waals surface area contributed by atoms with E-state index in [1.54, 1.807) is 0 Å². The van der Waals surface area contributed by atoms with Crippen molar-refractivity contribution in [3.8, 4) is 33.5 Å². The number of aliphatic imine (C=N–C) groups is 1. The van der Waals surface area contributed by atoms with Crippen molar-refractivity contribution in [3.05, 3.63) is 156 Å². The number of para-hydroxylation sites is 1. The lowest BCUT2D eigenvalue weighted by Crippen LogP contribution is -1.99. The van der Waals surface area contributed by atoms with Crippen LogP contribution in [0.25, 0.3) is 65.8 Å². The molecule has 1 aromatic heterocycles. The summed E-state index contributed by atoms with van der Waals surface area (Å²) in [5, 5.41) is 7.81. The van der Waals surface area contributed by atoms with E-state index in [0.717, 1.165) is 38.2 Å². The van der Waals surface area contributed by atoms with E-state index in [-0.39, 0.29) is 0 Å². The maximum absolute atomic E-state index is 5.13. The molecule has 0 unspecified atom stereocenters. The molecule has 0 N–H and O–H groups in total. The second kappa shape index (κ2) is 10.1. The van der Waals surface area contributed by atoms with Crippen LogP contribution in [0, 0.1) is 0 Å². The normalized spacial score (nSPS) is 12.7. The third kappa shape index (κ3) is 4.07. The average Bonchev–Trinajstić information content (AvgIpc) is 3.12. The molecule has 0 fully saturated rings. The summed E-state index contributed by atoms with van der Waals surface area (Å²) in [6.45, 7) is 0. The molecule has 0 bridgehead atoms. The van der Waals surface area contributed by atoms with Crippen LogP contribution in [0.2, 0.25) is 0 Å². The molecule has 0 radical (unpaired) electrons. The summed E-state index contributed by atoms with van der Waals surface area (Å²) >= 11 is 2.40. The van der Waals surface area contributed by atoms with Gasteiger partial charge in [-0.25, -0.2) is 4.99 Å². The van der Waals surface area contributed by atoms with Gasteiger partial charge in [-0.1, -0.05) is 115 Å². The van der Waals surface area contributed by atoms with Crippen LogP contribution in [-0.4, -0.2) is 8.70 Å². The summed E-state index contributed by atoms with van der Waals surface area (Å²) in [6, 6.07) is 48.3. The van der Waals surface area contributed by atoms with Crippen LogP contribution < -0.4 is 0 Å². The lowest BCUT2D eigenvalue weighted by molar-refractivity contribution is 1.19. The summed E-state index contributed by atoms with van der Waals surface area (Å²) in [7, 11) is 0. The molecule has 1 aliphatic heterocycles. The van der Waals surface area contributed by atoms with Crippen LogP contribution in [0.3, 0.4) is 0 Å². The number of fused-ring (bicyclic) bond motifs is 4. The van der Waals surface area contributed by atoms with E-state index < -0.39 is 0 Å². The van der Waals surface area contributed by atoms with Gasteiger partial charge in [-0.3, -0.25) is 4.98 Å². The zero-order valence-corrected chi connectivity index (χ0v) is 25.9. The van der Waals surface area contributed by atoms with Crippen molar-refractivity contribution in [1.29, 1.82) is 0 Å². The maximum atomic E-state index is 5.13. The van der Waals surface area contributed by atoms with Gasteiger partial charge in [0.05, 0.1) is 11.4 Å².